The van der Waals surface area contributed by atoms with E-state index in [0.29, 0.717) is 12.2 Å². The van der Waals surface area contributed by atoms with Crippen LogP contribution in [-0.2, 0) is 11.0 Å². The molecule has 1 saturated heterocycles. The lowest BCUT2D eigenvalue weighted by Gasteiger charge is -2.26. The van der Waals surface area contributed by atoms with E-state index in [0.717, 1.165) is 12.8 Å². The Hall–Kier alpha value is -2.47. The highest BCUT2D eigenvalue weighted by atomic mass is 35.5. The molecule has 3 heterocycles. The van der Waals surface area contributed by atoms with E-state index in [9.17, 15) is 23.2 Å². The van der Waals surface area contributed by atoms with E-state index in [1.165, 1.54) is 0 Å². The second-order valence-corrected chi connectivity index (χ2v) is 9.93. The second kappa shape index (κ2) is 6.76. The van der Waals surface area contributed by atoms with E-state index in [-0.39, 0.29) is 39.7 Å². The highest BCUT2D eigenvalue weighted by Crippen LogP contribution is 2.46. The maximum absolute atomic E-state index is 13.8. The number of aryl methyl sites for hydroxylation is 1. The van der Waals surface area contributed by atoms with Crippen molar-refractivity contribution in [3.05, 3.63) is 22.0 Å². The van der Waals surface area contributed by atoms with Crippen molar-refractivity contribution in [3.63, 3.8) is 0 Å². The highest BCUT2D eigenvalue weighted by Gasteiger charge is 2.49. The maximum atomic E-state index is 13.8. The third-order valence-electron chi connectivity index (χ3n) is 6.40. The van der Waals surface area contributed by atoms with E-state index < -0.39 is 28.8 Å². The van der Waals surface area contributed by atoms with Gasteiger partial charge in [-0.05, 0) is 32.1 Å². The fourth-order valence-corrected chi connectivity index (χ4v) is 4.52. The third-order valence-corrected chi connectivity index (χ3v) is 6.87. The van der Waals surface area contributed by atoms with Gasteiger partial charge in [0, 0.05) is 24.3 Å². The molecular formula is C21H23ClF3N5O. The molecule has 0 spiro atoms. The molecule has 0 unspecified atom stereocenters. The van der Waals surface area contributed by atoms with Gasteiger partial charge >= 0.3 is 6.18 Å². The number of nitrogens with zero attached hydrogens (tertiary/aromatic N) is 3. The van der Waals surface area contributed by atoms with Crippen LogP contribution in [0.15, 0.2) is 0 Å². The van der Waals surface area contributed by atoms with Crippen LogP contribution in [0, 0.1) is 29.6 Å². The van der Waals surface area contributed by atoms with Gasteiger partial charge in [-0.15, -0.1) is 0 Å². The van der Waals surface area contributed by atoms with Gasteiger partial charge in [0.2, 0.25) is 5.91 Å². The number of aromatic nitrogens is 2. The number of nitriles is 1. The average molecular weight is 454 g/mol. The van der Waals surface area contributed by atoms with Gasteiger partial charge in [0.15, 0.2) is 5.69 Å². The first-order chi connectivity index (χ1) is 14.3. The lowest BCUT2D eigenvalue weighted by atomic mass is 9.81. The molecule has 2 N–H and O–H groups in total. The molecule has 2 aromatic heterocycles. The molecule has 1 aliphatic heterocycles. The van der Waals surface area contributed by atoms with Gasteiger partial charge in [-0.3, -0.25) is 4.79 Å². The van der Waals surface area contributed by atoms with Gasteiger partial charge < -0.3 is 15.2 Å². The molecular weight excluding hydrogens is 431 g/mol. The normalized spacial score (nSPS) is 21.9. The summed E-state index contributed by atoms with van der Waals surface area (Å²) in [5, 5.41) is 12.8. The lowest BCUT2D eigenvalue weighted by Crippen LogP contribution is -2.43. The molecule has 166 valence electrons. The largest absolute Gasteiger partial charge is 0.434 e. The summed E-state index contributed by atoms with van der Waals surface area (Å²) >= 11 is 6.23. The Morgan fingerprint density at radius 1 is 1.35 bits per heavy atom. The molecule has 0 aromatic carbocycles. The van der Waals surface area contributed by atoms with Gasteiger partial charge in [-0.1, -0.05) is 25.4 Å². The van der Waals surface area contributed by atoms with Crippen molar-refractivity contribution >= 4 is 34.2 Å². The zero-order valence-electron chi connectivity index (χ0n) is 17.7. The van der Waals surface area contributed by atoms with Crippen molar-refractivity contribution < 1.29 is 18.0 Å². The first-order valence-corrected chi connectivity index (χ1v) is 10.4. The van der Waals surface area contributed by atoms with Crippen LogP contribution >= 0.6 is 11.6 Å². The van der Waals surface area contributed by atoms with Crippen molar-refractivity contribution in [2.24, 2.45) is 11.3 Å². The van der Waals surface area contributed by atoms with Gasteiger partial charge in [0.1, 0.15) is 17.1 Å². The van der Waals surface area contributed by atoms with E-state index in [1.54, 1.807) is 17.9 Å². The zero-order valence-corrected chi connectivity index (χ0v) is 18.4. The summed E-state index contributed by atoms with van der Waals surface area (Å²) in [6, 6.07) is 1.70. The van der Waals surface area contributed by atoms with Crippen LogP contribution < -0.4 is 10.2 Å². The molecule has 0 radical (unpaired) electrons. The first-order valence-electron chi connectivity index (χ1n) is 10.0. The SMILES string of the molecule is Cc1[nH]c2c(N3C[C@@H](C(=O)NC4(C)CC4)C(C)(C)C3)c(C#N)c(C(F)(F)F)nc2c1Cl. The number of hydrogen-bond donors (Lipinski definition) is 2. The second-order valence-electron chi connectivity index (χ2n) is 9.55. The molecule has 1 saturated carbocycles. The third kappa shape index (κ3) is 3.61. The van der Waals surface area contributed by atoms with Crippen molar-refractivity contribution in [1.29, 1.82) is 5.26 Å². The van der Waals surface area contributed by atoms with Gasteiger partial charge in [0.05, 0.1) is 22.1 Å². The minimum Gasteiger partial charge on any atom is -0.367 e. The van der Waals surface area contributed by atoms with Crippen LogP contribution in [0.4, 0.5) is 18.9 Å². The number of halogens is 4. The Morgan fingerprint density at radius 2 is 2.00 bits per heavy atom. The Kier molecular flexibility index (Phi) is 4.74. The van der Waals surface area contributed by atoms with Crippen molar-refractivity contribution in [3.8, 4) is 6.07 Å². The quantitative estimate of drug-likeness (QED) is 0.714. The number of anilines is 1. The molecule has 1 amide bonds. The summed E-state index contributed by atoms with van der Waals surface area (Å²) in [6.07, 6.45) is -3.00. The first kappa shape index (κ1) is 21.8. The van der Waals surface area contributed by atoms with Crippen molar-refractivity contribution in [2.75, 3.05) is 18.0 Å². The standard InChI is InChI=1S/C21H23ClF3N5O/c1-10-13(22)14-15(27-10)16(11(7-26)17(28-14)21(23,24)25)30-8-12(19(2,3)9-30)18(31)29-20(4)5-6-20/h12,27H,5-6,8-9H2,1-4H3,(H,29,31)/t12-/m0/s1. The number of alkyl halides is 3. The zero-order chi connectivity index (χ0) is 22.9. The smallest absolute Gasteiger partial charge is 0.367 e. The number of pyridine rings is 1. The molecule has 1 atom stereocenters. The van der Waals surface area contributed by atoms with Crippen LogP contribution in [0.5, 0.6) is 0 Å². The van der Waals surface area contributed by atoms with Gasteiger partial charge in [-0.2, -0.15) is 18.4 Å². The number of carbonyl (C=O) groups excluding carboxylic acids is 1. The van der Waals surface area contributed by atoms with E-state index in [2.05, 4.69) is 15.3 Å². The number of rotatable bonds is 3. The number of fused-ring (bicyclic) bond motifs is 1. The summed E-state index contributed by atoms with van der Waals surface area (Å²) < 4.78 is 41.3. The van der Waals surface area contributed by atoms with Crippen LogP contribution in [0.2, 0.25) is 5.02 Å². The predicted molar refractivity (Wildman–Crippen MR) is 111 cm³/mol. The number of H-pyrrole nitrogens is 1. The fraction of sp³-hybridized carbons (Fsp3) is 0.571. The maximum Gasteiger partial charge on any atom is 0.434 e. The molecule has 31 heavy (non-hydrogen) atoms. The van der Waals surface area contributed by atoms with E-state index in [4.69, 9.17) is 11.6 Å². The number of aromatic amines is 1. The van der Waals surface area contributed by atoms with Crippen LogP contribution in [0.1, 0.15) is 50.6 Å². The van der Waals surface area contributed by atoms with Crippen LogP contribution in [-0.4, -0.2) is 34.5 Å². The summed E-state index contributed by atoms with van der Waals surface area (Å²) in [4.78, 5) is 21.3. The summed E-state index contributed by atoms with van der Waals surface area (Å²) in [6.45, 7) is 7.93. The molecule has 10 heteroatoms. The minimum atomic E-state index is -4.82. The number of hydrogen-bond acceptors (Lipinski definition) is 4. The average Bonchev–Trinajstić information content (AvgIpc) is 3.18. The van der Waals surface area contributed by atoms with E-state index >= 15 is 0 Å². The molecule has 2 aromatic rings. The monoisotopic (exact) mass is 453 g/mol. The summed E-state index contributed by atoms with van der Waals surface area (Å²) in [5.41, 5.74) is -1.75. The Bertz CT molecular complexity index is 1130. The van der Waals surface area contributed by atoms with E-state index in [1.807, 2.05) is 20.8 Å². The number of nitrogens with one attached hydrogen (secondary N) is 2. The highest BCUT2D eigenvalue weighted by molar-refractivity contribution is 6.36. The minimum absolute atomic E-state index is 0.0308. The van der Waals surface area contributed by atoms with Crippen molar-refractivity contribution in [1.82, 2.24) is 15.3 Å². The Labute approximate surface area is 182 Å². The van der Waals surface area contributed by atoms with Gasteiger partial charge in [-0.25, -0.2) is 4.98 Å². The topological polar surface area (TPSA) is 84.8 Å². The Balaban J connectivity index is 1.84. The fourth-order valence-electron chi connectivity index (χ4n) is 4.34. The molecule has 4 rings (SSSR count). The number of amides is 1. The van der Waals surface area contributed by atoms with Crippen molar-refractivity contribution in [2.45, 2.75) is 52.3 Å². The molecule has 6 nitrogen and oxygen atoms in total. The lowest BCUT2D eigenvalue weighted by molar-refractivity contribution is -0.141. The summed E-state index contributed by atoms with van der Waals surface area (Å²) in [5.74, 6) is -0.561. The predicted octanol–water partition coefficient (Wildman–Crippen LogP) is 4.55. The van der Waals surface area contributed by atoms with Crippen LogP contribution in [0.25, 0.3) is 11.0 Å². The van der Waals surface area contributed by atoms with Gasteiger partial charge in [0.25, 0.3) is 0 Å². The molecule has 2 fully saturated rings. The van der Waals surface area contributed by atoms with Crippen LogP contribution in [0.3, 0.4) is 0 Å². The number of carbonyl (C=O) groups is 1. The Morgan fingerprint density at radius 3 is 2.55 bits per heavy atom. The molecule has 0 bridgehead atoms. The summed E-state index contributed by atoms with van der Waals surface area (Å²) in [7, 11) is 0. The molecule has 1 aliphatic carbocycles. The molecule has 2 aliphatic rings.